The molecule has 30 heavy (non-hydrogen) atoms. The van der Waals surface area contributed by atoms with Crippen molar-refractivity contribution in [2.75, 3.05) is 10.7 Å². The molecule has 1 amide bonds. The number of hydrogen-bond acceptors (Lipinski definition) is 3. The molecule has 3 nitrogen and oxygen atoms in total. The minimum atomic E-state index is -0.228. The molecule has 154 valence electrons. The molecule has 1 fully saturated rings. The first-order chi connectivity index (χ1) is 14.4. The lowest BCUT2D eigenvalue weighted by atomic mass is 10.1. The lowest BCUT2D eigenvalue weighted by molar-refractivity contribution is -0.115. The number of thioether (sulfide) groups is 1. The lowest BCUT2D eigenvalue weighted by Gasteiger charge is -2.25. The second kappa shape index (κ2) is 9.41. The maximum atomic E-state index is 12.5. The molecule has 3 aromatic carbocycles. The third-order valence-electron chi connectivity index (χ3n) is 4.57. The van der Waals surface area contributed by atoms with E-state index < -0.39 is 0 Å². The molecule has 0 saturated carbocycles. The fraction of sp³-hybridized carbons (Fsp3) is 0.136. The zero-order valence-corrected chi connectivity index (χ0v) is 20.1. The van der Waals surface area contributed by atoms with E-state index in [1.807, 2.05) is 48.5 Å². The number of carbonyl (C=O) groups is 1. The van der Waals surface area contributed by atoms with Crippen LogP contribution in [0.4, 0.5) is 5.69 Å². The maximum absolute atomic E-state index is 12.5. The van der Waals surface area contributed by atoms with E-state index in [1.165, 1.54) is 11.8 Å². The topological polar surface area (TPSA) is 29.5 Å². The molecule has 1 aliphatic heterocycles. The highest BCUT2D eigenvalue weighted by Crippen LogP contribution is 2.45. The van der Waals surface area contributed by atoms with Crippen LogP contribution in [0.1, 0.15) is 16.5 Å². The molecule has 0 N–H and O–H groups in total. The summed E-state index contributed by atoms with van der Waals surface area (Å²) in [7, 11) is 0. The Morgan fingerprint density at radius 3 is 2.27 bits per heavy atom. The van der Waals surface area contributed by atoms with E-state index in [4.69, 9.17) is 39.5 Å². The van der Waals surface area contributed by atoms with Gasteiger partial charge in [-0.2, -0.15) is 0 Å². The molecular formula is C22H15BrCl3NO2S. The van der Waals surface area contributed by atoms with Gasteiger partial charge in [0.15, 0.2) is 5.75 Å². The van der Waals surface area contributed by atoms with Crippen molar-refractivity contribution in [1.82, 2.24) is 0 Å². The van der Waals surface area contributed by atoms with Crippen molar-refractivity contribution >= 4 is 74.1 Å². The smallest absolute Gasteiger partial charge is 0.238 e. The number of rotatable bonds is 5. The predicted octanol–water partition coefficient (Wildman–Crippen LogP) is 7.77. The molecule has 0 aliphatic carbocycles. The van der Waals surface area contributed by atoms with E-state index in [0.717, 1.165) is 21.3 Å². The summed E-state index contributed by atoms with van der Waals surface area (Å²) in [4.78, 5) is 14.3. The average molecular weight is 544 g/mol. The van der Waals surface area contributed by atoms with Gasteiger partial charge in [0.25, 0.3) is 0 Å². The van der Waals surface area contributed by atoms with Gasteiger partial charge in [-0.05, 0) is 59.7 Å². The number of nitrogens with zero attached hydrogens (tertiary/aromatic N) is 1. The van der Waals surface area contributed by atoms with E-state index in [1.54, 1.807) is 17.0 Å². The van der Waals surface area contributed by atoms with Crippen molar-refractivity contribution in [3.05, 3.63) is 91.3 Å². The lowest BCUT2D eigenvalue weighted by Crippen LogP contribution is -2.27. The molecule has 0 spiro atoms. The Labute approximate surface area is 202 Å². The number of anilines is 1. The molecule has 1 heterocycles. The molecule has 3 aromatic rings. The van der Waals surface area contributed by atoms with Crippen LogP contribution in [-0.2, 0) is 11.4 Å². The second-order valence-corrected chi connectivity index (χ2v) is 9.87. The first-order valence-electron chi connectivity index (χ1n) is 8.98. The molecular weight excluding hydrogens is 529 g/mol. The summed E-state index contributed by atoms with van der Waals surface area (Å²) in [6.07, 6.45) is 0. The largest absolute Gasteiger partial charge is 0.486 e. The summed E-state index contributed by atoms with van der Waals surface area (Å²) in [5.74, 6) is 0.831. The molecule has 0 aromatic heterocycles. The normalized spacial score (nSPS) is 16.2. The molecule has 0 radical (unpaired) electrons. The van der Waals surface area contributed by atoms with E-state index in [9.17, 15) is 4.79 Å². The van der Waals surface area contributed by atoms with Gasteiger partial charge in [-0.25, -0.2) is 0 Å². The van der Waals surface area contributed by atoms with Crippen LogP contribution in [-0.4, -0.2) is 11.7 Å². The number of halogens is 4. The van der Waals surface area contributed by atoms with Gasteiger partial charge >= 0.3 is 0 Å². The van der Waals surface area contributed by atoms with Crippen molar-refractivity contribution in [3.63, 3.8) is 0 Å². The van der Waals surface area contributed by atoms with Crippen LogP contribution in [0.25, 0.3) is 0 Å². The summed E-state index contributed by atoms with van der Waals surface area (Å²) in [5, 5.41) is 1.21. The fourth-order valence-electron chi connectivity index (χ4n) is 3.15. The zero-order chi connectivity index (χ0) is 21.3. The molecule has 1 aliphatic rings. The highest BCUT2D eigenvalue weighted by molar-refractivity contribution is 9.10. The fourth-order valence-corrected chi connectivity index (χ4v) is 5.31. The Balaban J connectivity index is 1.58. The van der Waals surface area contributed by atoms with Crippen molar-refractivity contribution in [1.29, 1.82) is 0 Å². The van der Waals surface area contributed by atoms with Crippen molar-refractivity contribution < 1.29 is 9.53 Å². The van der Waals surface area contributed by atoms with Gasteiger partial charge in [0.1, 0.15) is 12.0 Å². The van der Waals surface area contributed by atoms with E-state index in [0.29, 0.717) is 33.2 Å². The van der Waals surface area contributed by atoms with Gasteiger partial charge in [0, 0.05) is 15.2 Å². The summed E-state index contributed by atoms with van der Waals surface area (Å²) in [6, 6.07) is 18.6. The van der Waals surface area contributed by atoms with Gasteiger partial charge in [-0.15, -0.1) is 11.8 Å². The number of hydrogen-bond donors (Lipinski definition) is 0. The van der Waals surface area contributed by atoms with E-state index in [-0.39, 0.29) is 11.3 Å². The van der Waals surface area contributed by atoms with Gasteiger partial charge in [-0.3, -0.25) is 9.69 Å². The number of ether oxygens (including phenoxy) is 1. The monoisotopic (exact) mass is 541 g/mol. The van der Waals surface area contributed by atoms with Crippen molar-refractivity contribution in [2.24, 2.45) is 0 Å². The minimum Gasteiger partial charge on any atom is -0.486 e. The average Bonchev–Trinajstić information content (AvgIpc) is 3.11. The number of amides is 1. The first-order valence-corrected chi connectivity index (χ1v) is 12.0. The van der Waals surface area contributed by atoms with E-state index >= 15 is 0 Å². The zero-order valence-electron chi connectivity index (χ0n) is 15.4. The summed E-state index contributed by atoms with van der Waals surface area (Å²) in [5.41, 5.74) is 2.62. The van der Waals surface area contributed by atoms with Crippen LogP contribution in [0.3, 0.4) is 0 Å². The van der Waals surface area contributed by atoms with Gasteiger partial charge in [-0.1, -0.05) is 62.9 Å². The maximum Gasteiger partial charge on any atom is 0.238 e. The molecule has 8 heteroatoms. The summed E-state index contributed by atoms with van der Waals surface area (Å²) >= 11 is 23.9. The minimum absolute atomic E-state index is 0.0233. The van der Waals surface area contributed by atoms with Crippen LogP contribution in [0.2, 0.25) is 15.1 Å². The Hall–Kier alpha value is -1.37. The van der Waals surface area contributed by atoms with Crippen molar-refractivity contribution in [2.45, 2.75) is 12.0 Å². The molecule has 1 saturated heterocycles. The van der Waals surface area contributed by atoms with Crippen LogP contribution in [0, 0.1) is 0 Å². The Kier molecular flexibility index (Phi) is 6.85. The quantitative estimate of drug-likeness (QED) is 0.329. The van der Waals surface area contributed by atoms with Gasteiger partial charge in [0.05, 0.1) is 15.8 Å². The highest BCUT2D eigenvalue weighted by Gasteiger charge is 2.34. The standard InChI is InChI=1S/C22H15BrCl3NO2S/c23-15-3-1-13(2-4-15)11-29-21-18(25)9-14(10-19(21)26)22-27(20(28)12-30-22)17-7-5-16(24)6-8-17/h1-10,22H,11-12H2/t22-/m1/s1. The molecule has 1 atom stereocenters. The van der Waals surface area contributed by atoms with Crippen LogP contribution in [0.5, 0.6) is 5.75 Å². The third kappa shape index (κ3) is 4.76. The van der Waals surface area contributed by atoms with Gasteiger partial charge < -0.3 is 4.74 Å². The SMILES string of the molecule is O=C1CS[C@H](c2cc(Cl)c(OCc3ccc(Br)cc3)c(Cl)c2)N1c1ccc(Cl)cc1. The Morgan fingerprint density at radius 1 is 1.00 bits per heavy atom. The van der Waals surface area contributed by atoms with Gasteiger partial charge in [0.2, 0.25) is 5.91 Å². The Morgan fingerprint density at radius 2 is 1.63 bits per heavy atom. The second-order valence-electron chi connectivity index (χ2n) is 6.63. The van der Waals surface area contributed by atoms with Crippen LogP contribution >= 0.6 is 62.5 Å². The van der Waals surface area contributed by atoms with Crippen LogP contribution in [0.15, 0.2) is 65.1 Å². The first kappa shape index (κ1) is 21.8. The number of benzene rings is 3. The number of carbonyl (C=O) groups excluding carboxylic acids is 1. The molecule has 0 bridgehead atoms. The molecule has 4 rings (SSSR count). The van der Waals surface area contributed by atoms with Crippen molar-refractivity contribution in [3.8, 4) is 5.75 Å². The predicted molar refractivity (Wildman–Crippen MR) is 129 cm³/mol. The molecule has 0 unspecified atom stereocenters. The summed E-state index contributed by atoms with van der Waals surface area (Å²) in [6.45, 7) is 0.347. The van der Waals surface area contributed by atoms with Crippen LogP contribution < -0.4 is 9.64 Å². The summed E-state index contributed by atoms with van der Waals surface area (Å²) < 4.78 is 6.88. The Bertz CT molecular complexity index is 1050. The highest BCUT2D eigenvalue weighted by atomic mass is 79.9. The van der Waals surface area contributed by atoms with E-state index in [2.05, 4.69) is 15.9 Å². The third-order valence-corrected chi connectivity index (χ3v) is 7.13.